The molecular formula is C23H23N4O4+. The normalized spacial score (nSPS) is 18.1. The van der Waals surface area contributed by atoms with Crippen LogP contribution in [0.2, 0.25) is 0 Å². The molecule has 2 aromatic heterocycles. The summed E-state index contributed by atoms with van der Waals surface area (Å²) in [6.45, 7) is 0.784. The van der Waals surface area contributed by atoms with E-state index in [2.05, 4.69) is 16.0 Å². The number of benzene rings is 2. The highest BCUT2D eigenvalue weighted by molar-refractivity contribution is 5.85. The molecule has 4 aromatic rings. The summed E-state index contributed by atoms with van der Waals surface area (Å²) in [6.07, 6.45) is 0.854. The molecule has 0 saturated carbocycles. The number of rotatable bonds is 3. The van der Waals surface area contributed by atoms with E-state index in [1.54, 1.807) is 24.3 Å². The molecule has 0 aliphatic carbocycles. The number of ether oxygens (including phenoxy) is 1. The number of para-hydroxylation sites is 3. The molecule has 2 atom stereocenters. The Balaban J connectivity index is 1.79. The fourth-order valence-electron chi connectivity index (χ4n) is 4.68. The summed E-state index contributed by atoms with van der Waals surface area (Å²) < 4.78 is 6.47. The molecule has 0 saturated heterocycles. The number of H-pyrrole nitrogens is 2. The van der Waals surface area contributed by atoms with Crippen LogP contribution in [0, 0.1) is 0 Å². The number of hydrogen-bond acceptors (Lipinski definition) is 4. The molecule has 8 heteroatoms. The van der Waals surface area contributed by atoms with E-state index in [0.717, 1.165) is 44.6 Å². The molecule has 1 aliphatic heterocycles. The summed E-state index contributed by atoms with van der Waals surface area (Å²) in [5.74, 6) is 0.0302. The summed E-state index contributed by atoms with van der Waals surface area (Å²) in [5.41, 5.74) is 2.20. The fraction of sp³-hybridized carbons (Fsp3) is 0.217. The number of nitrogens with zero attached hydrogens (tertiary/aromatic N) is 1. The first-order valence-corrected chi connectivity index (χ1v) is 10.1. The third kappa shape index (κ3) is 2.87. The van der Waals surface area contributed by atoms with Crippen LogP contribution in [0.1, 0.15) is 22.9 Å². The fourth-order valence-corrected chi connectivity index (χ4v) is 4.68. The van der Waals surface area contributed by atoms with E-state index in [-0.39, 0.29) is 11.4 Å². The van der Waals surface area contributed by atoms with Crippen LogP contribution >= 0.6 is 0 Å². The zero-order valence-electron chi connectivity index (χ0n) is 17.2. The Hall–Kier alpha value is -3.78. The van der Waals surface area contributed by atoms with Crippen molar-refractivity contribution in [2.45, 2.75) is 12.5 Å². The monoisotopic (exact) mass is 419 g/mol. The van der Waals surface area contributed by atoms with Gasteiger partial charge in [0.05, 0.1) is 32.1 Å². The van der Waals surface area contributed by atoms with Crippen LogP contribution in [0.3, 0.4) is 0 Å². The van der Waals surface area contributed by atoms with Crippen molar-refractivity contribution in [3.8, 4) is 17.3 Å². The maximum Gasteiger partial charge on any atom is 0.335 e. The van der Waals surface area contributed by atoms with Crippen LogP contribution in [-0.4, -0.2) is 40.3 Å². The van der Waals surface area contributed by atoms with Crippen molar-refractivity contribution in [2.24, 2.45) is 0 Å². The van der Waals surface area contributed by atoms with E-state index in [1.165, 1.54) is 7.11 Å². The molecule has 4 N–H and O–H groups in total. The minimum Gasteiger partial charge on any atom is -0.495 e. The minimum atomic E-state index is -0.721. The van der Waals surface area contributed by atoms with Crippen LogP contribution < -0.4 is 20.9 Å². The average molecular weight is 419 g/mol. The summed E-state index contributed by atoms with van der Waals surface area (Å²) in [5, 5.41) is 12.4. The maximum absolute atomic E-state index is 13.0. The van der Waals surface area contributed by atoms with Gasteiger partial charge in [-0.3, -0.25) is 9.78 Å². The van der Waals surface area contributed by atoms with Crippen LogP contribution in [0.4, 0.5) is 0 Å². The van der Waals surface area contributed by atoms with Gasteiger partial charge in [-0.15, -0.1) is 0 Å². The number of likely N-dealkylation sites (N-methyl/N-ethyl adjacent to an activating group) is 1. The molecule has 31 heavy (non-hydrogen) atoms. The lowest BCUT2D eigenvalue weighted by Gasteiger charge is -2.30. The Labute approximate surface area is 177 Å². The Morgan fingerprint density at radius 2 is 1.84 bits per heavy atom. The zero-order valence-corrected chi connectivity index (χ0v) is 17.2. The number of aromatic amines is 2. The van der Waals surface area contributed by atoms with Crippen molar-refractivity contribution in [1.29, 1.82) is 0 Å². The molecule has 1 unspecified atom stereocenters. The number of nitrogens with one attached hydrogen (secondary N) is 3. The van der Waals surface area contributed by atoms with Crippen molar-refractivity contribution in [1.82, 2.24) is 14.5 Å². The molecule has 5 rings (SSSR count). The molecule has 0 spiro atoms. The second kappa shape index (κ2) is 7.17. The Kier molecular flexibility index (Phi) is 4.44. The van der Waals surface area contributed by atoms with Gasteiger partial charge in [-0.05, 0) is 23.8 Å². The Bertz CT molecular complexity index is 1420. The molecule has 1 aliphatic rings. The Morgan fingerprint density at radius 1 is 1.10 bits per heavy atom. The largest absolute Gasteiger partial charge is 0.495 e. The van der Waals surface area contributed by atoms with Crippen molar-refractivity contribution >= 4 is 10.9 Å². The molecule has 0 bridgehead atoms. The average Bonchev–Trinajstić information content (AvgIpc) is 3.14. The lowest BCUT2D eigenvalue weighted by Crippen LogP contribution is -3.10. The van der Waals surface area contributed by atoms with E-state index in [4.69, 9.17) is 4.74 Å². The quantitative estimate of drug-likeness (QED) is 0.396. The van der Waals surface area contributed by atoms with Gasteiger partial charge in [0.1, 0.15) is 11.3 Å². The van der Waals surface area contributed by atoms with E-state index in [9.17, 15) is 14.7 Å². The number of hydrogen-bond donors (Lipinski definition) is 4. The highest BCUT2D eigenvalue weighted by Crippen LogP contribution is 2.34. The first-order valence-electron chi connectivity index (χ1n) is 10.1. The standard InChI is InChI=1S/C23H22N4O4/c1-26-12-11-14-13-7-3-4-8-15(13)24-19(14)20(26)18-21(28)25-23(30)27(22(18)29)16-9-5-6-10-17(16)31-2/h3-10,20,24,29H,11-12H2,1-2H3,(H,25,28,30)/p+1/t20-/m0/s1. The van der Waals surface area contributed by atoms with Crippen molar-refractivity contribution < 1.29 is 14.7 Å². The number of quaternary nitrogens is 1. The molecule has 3 heterocycles. The van der Waals surface area contributed by atoms with E-state index < -0.39 is 17.3 Å². The predicted octanol–water partition coefficient (Wildman–Crippen LogP) is 0.881. The van der Waals surface area contributed by atoms with Gasteiger partial charge in [0.25, 0.3) is 5.56 Å². The second-order valence-electron chi connectivity index (χ2n) is 7.85. The van der Waals surface area contributed by atoms with Crippen molar-refractivity contribution in [3.63, 3.8) is 0 Å². The number of aromatic hydroxyl groups is 1. The van der Waals surface area contributed by atoms with Crippen LogP contribution in [0.5, 0.6) is 11.6 Å². The van der Waals surface area contributed by atoms with Gasteiger partial charge in [-0.25, -0.2) is 9.36 Å². The maximum atomic E-state index is 13.0. The minimum absolute atomic E-state index is 0.149. The Morgan fingerprint density at radius 3 is 2.65 bits per heavy atom. The van der Waals surface area contributed by atoms with Gasteiger partial charge in [-0.1, -0.05) is 30.3 Å². The lowest BCUT2D eigenvalue weighted by atomic mass is 9.94. The van der Waals surface area contributed by atoms with Gasteiger partial charge in [0.15, 0.2) is 6.04 Å². The van der Waals surface area contributed by atoms with E-state index in [0.29, 0.717) is 11.4 Å². The van der Waals surface area contributed by atoms with E-state index >= 15 is 0 Å². The second-order valence-corrected chi connectivity index (χ2v) is 7.85. The first kappa shape index (κ1) is 19.2. The number of aromatic nitrogens is 3. The molecule has 2 aromatic carbocycles. The highest BCUT2D eigenvalue weighted by Gasteiger charge is 2.38. The number of methoxy groups -OCH3 is 1. The van der Waals surface area contributed by atoms with Crippen molar-refractivity contribution in [2.75, 3.05) is 20.7 Å². The van der Waals surface area contributed by atoms with Gasteiger partial charge in [0, 0.05) is 17.3 Å². The molecule has 0 fully saturated rings. The third-order valence-corrected chi connectivity index (χ3v) is 6.13. The predicted molar refractivity (Wildman–Crippen MR) is 116 cm³/mol. The molecular weight excluding hydrogens is 396 g/mol. The summed E-state index contributed by atoms with van der Waals surface area (Å²) in [7, 11) is 3.47. The third-order valence-electron chi connectivity index (χ3n) is 6.13. The lowest BCUT2D eigenvalue weighted by molar-refractivity contribution is -0.908. The van der Waals surface area contributed by atoms with E-state index in [1.807, 2.05) is 25.2 Å². The van der Waals surface area contributed by atoms with Crippen molar-refractivity contribution in [3.05, 3.63) is 86.2 Å². The van der Waals surface area contributed by atoms with Gasteiger partial charge in [0.2, 0.25) is 5.88 Å². The van der Waals surface area contributed by atoms with Gasteiger partial charge < -0.3 is 19.7 Å². The SMILES string of the molecule is COc1ccccc1-n1c(O)c([C@H]2c3[nH]c4ccccc4c3CC[NH+]2C)c(=O)[nH]c1=O. The smallest absolute Gasteiger partial charge is 0.335 e. The van der Waals surface area contributed by atoms with Crippen LogP contribution in [0.15, 0.2) is 58.1 Å². The molecule has 158 valence electrons. The highest BCUT2D eigenvalue weighted by atomic mass is 16.5. The topological polar surface area (TPSA) is 105 Å². The van der Waals surface area contributed by atoms with Gasteiger partial charge in [-0.2, -0.15) is 0 Å². The molecule has 0 amide bonds. The van der Waals surface area contributed by atoms with Crippen LogP contribution in [-0.2, 0) is 6.42 Å². The zero-order chi connectivity index (χ0) is 21.7. The molecule has 0 radical (unpaired) electrons. The summed E-state index contributed by atoms with van der Waals surface area (Å²) in [6, 6.07) is 14.4. The molecule has 8 nitrogen and oxygen atoms in total. The summed E-state index contributed by atoms with van der Waals surface area (Å²) >= 11 is 0. The van der Waals surface area contributed by atoms with Crippen LogP contribution in [0.25, 0.3) is 16.6 Å². The first-order chi connectivity index (χ1) is 15.0. The van der Waals surface area contributed by atoms with Gasteiger partial charge >= 0.3 is 5.69 Å². The summed E-state index contributed by atoms with van der Waals surface area (Å²) in [4.78, 5) is 32.6. The number of fused-ring (bicyclic) bond motifs is 3.